The summed E-state index contributed by atoms with van der Waals surface area (Å²) in [5, 5.41) is 10.5. The molecule has 1 aromatic rings. The summed E-state index contributed by atoms with van der Waals surface area (Å²) in [5.41, 5.74) is 2.03. The van der Waals surface area contributed by atoms with Crippen LogP contribution >= 0.6 is 0 Å². The molecule has 3 aliphatic heterocycles. The quantitative estimate of drug-likeness (QED) is 0.354. The number of urea groups is 1. The van der Waals surface area contributed by atoms with Crippen molar-refractivity contribution in [2.24, 2.45) is 5.92 Å². The Bertz CT molecular complexity index is 1140. The van der Waals surface area contributed by atoms with E-state index >= 15 is 0 Å². The zero-order valence-corrected chi connectivity index (χ0v) is 25.6. The molecular weight excluding hydrogens is 538 g/mol. The van der Waals surface area contributed by atoms with Gasteiger partial charge in [-0.05, 0) is 57.1 Å². The third kappa shape index (κ3) is 7.42. The van der Waals surface area contributed by atoms with E-state index in [0.29, 0.717) is 45.8 Å². The average molecular weight is 586 g/mol. The molecule has 0 aliphatic carbocycles. The molecule has 0 saturated carbocycles. The van der Waals surface area contributed by atoms with Crippen molar-refractivity contribution in [2.45, 2.75) is 57.4 Å². The highest BCUT2D eigenvalue weighted by Crippen LogP contribution is 2.41. The van der Waals surface area contributed by atoms with Crippen LogP contribution in [-0.2, 0) is 20.8 Å². The van der Waals surface area contributed by atoms with Gasteiger partial charge in [-0.3, -0.25) is 24.2 Å². The largest absolute Gasteiger partial charge is 0.493 e. The fourth-order valence-electron chi connectivity index (χ4n) is 6.50. The Hall–Kier alpha value is -3.18. The Morgan fingerprint density at radius 3 is 2.57 bits per heavy atom. The van der Waals surface area contributed by atoms with Crippen molar-refractivity contribution in [3.63, 3.8) is 0 Å². The molecule has 232 valence electrons. The average Bonchev–Trinajstić information content (AvgIpc) is 3.57. The van der Waals surface area contributed by atoms with E-state index in [1.165, 1.54) is 7.05 Å². The van der Waals surface area contributed by atoms with E-state index in [-0.39, 0.29) is 36.7 Å². The molecule has 42 heavy (non-hydrogen) atoms. The molecule has 1 N–H and O–H groups in total. The number of carbonyl (C=O) groups excluding carboxylic acids is 3. The molecule has 0 radical (unpaired) electrons. The molecule has 3 unspecified atom stereocenters. The van der Waals surface area contributed by atoms with Crippen LogP contribution in [-0.4, -0.2) is 133 Å². The molecule has 2 saturated heterocycles. The first-order valence-electron chi connectivity index (χ1n) is 15.3. The molecule has 2 fully saturated rings. The first kappa shape index (κ1) is 31.7. The number of imide groups is 1. The van der Waals surface area contributed by atoms with Crippen LogP contribution in [0.1, 0.15) is 56.1 Å². The number of likely N-dealkylation sites (tertiary alicyclic amines) is 1. The van der Waals surface area contributed by atoms with Crippen molar-refractivity contribution in [3.8, 4) is 5.75 Å². The Labute approximate surface area is 249 Å². The highest BCUT2D eigenvalue weighted by molar-refractivity contribution is 5.96. The van der Waals surface area contributed by atoms with Crippen LogP contribution in [0.4, 0.5) is 4.79 Å². The first-order valence-corrected chi connectivity index (χ1v) is 15.3. The maximum absolute atomic E-state index is 13.7. The van der Waals surface area contributed by atoms with Crippen molar-refractivity contribution >= 4 is 23.8 Å². The summed E-state index contributed by atoms with van der Waals surface area (Å²) in [6.45, 7) is 6.17. The summed E-state index contributed by atoms with van der Waals surface area (Å²) in [6.07, 6.45) is 4.21. The summed E-state index contributed by atoms with van der Waals surface area (Å²) < 4.78 is 5.68. The highest BCUT2D eigenvalue weighted by Gasteiger charge is 2.47. The Balaban J connectivity index is 1.57. The van der Waals surface area contributed by atoms with Gasteiger partial charge >= 0.3 is 12.0 Å². The van der Waals surface area contributed by atoms with Gasteiger partial charge in [-0.25, -0.2) is 4.79 Å². The van der Waals surface area contributed by atoms with E-state index in [4.69, 9.17) is 4.74 Å². The van der Waals surface area contributed by atoms with Crippen LogP contribution in [0.25, 0.3) is 0 Å². The predicted octanol–water partition coefficient (Wildman–Crippen LogP) is 2.34. The summed E-state index contributed by atoms with van der Waals surface area (Å²) in [5.74, 6) is -1.30. The molecule has 4 rings (SSSR count). The second-order valence-electron chi connectivity index (χ2n) is 12.1. The number of amides is 4. The van der Waals surface area contributed by atoms with E-state index in [1.807, 2.05) is 36.0 Å². The fraction of sp³-hybridized carbons (Fsp3) is 0.677. The van der Waals surface area contributed by atoms with Gasteiger partial charge in [0, 0.05) is 64.6 Å². The molecule has 3 atom stereocenters. The molecular formula is C31H47N5O6. The minimum atomic E-state index is -0.900. The monoisotopic (exact) mass is 585 g/mol. The number of fused-ring (bicyclic) bond motifs is 1. The molecule has 4 amide bonds. The minimum absolute atomic E-state index is 0.0127. The molecule has 0 spiro atoms. The molecule has 3 aliphatic rings. The maximum Gasteiger partial charge on any atom is 0.326 e. The van der Waals surface area contributed by atoms with E-state index < -0.39 is 17.9 Å². The number of unbranched alkanes of at least 4 members (excludes halogenated alkanes) is 1. The van der Waals surface area contributed by atoms with Crippen LogP contribution in [0.2, 0.25) is 0 Å². The summed E-state index contributed by atoms with van der Waals surface area (Å²) >= 11 is 0. The zero-order chi connectivity index (χ0) is 30.4. The number of aliphatic carboxylic acids is 1. The van der Waals surface area contributed by atoms with E-state index in [9.17, 15) is 24.3 Å². The Kier molecular flexibility index (Phi) is 10.8. The van der Waals surface area contributed by atoms with Crippen LogP contribution < -0.4 is 4.74 Å². The van der Waals surface area contributed by atoms with Crippen LogP contribution in [0, 0.1) is 5.92 Å². The molecule has 1 aromatic carbocycles. The topological polar surface area (TPSA) is 114 Å². The fourth-order valence-corrected chi connectivity index (χ4v) is 6.50. The minimum Gasteiger partial charge on any atom is -0.493 e. The first-order chi connectivity index (χ1) is 20.1. The van der Waals surface area contributed by atoms with Crippen LogP contribution in [0.3, 0.4) is 0 Å². The SMILES string of the molecule is CCCCN(CCCN(C)C)C(=O)CN1CC(c2ccc3c(c2)CCO3)C(C(=O)O)C1CCN1CCC(=O)N(C)C1=O. The second-order valence-corrected chi connectivity index (χ2v) is 12.1. The van der Waals surface area contributed by atoms with Crippen molar-refractivity contribution in [1.82, 2.24) is 24.5 Å². The van der Waals surface area contributed by atoms with E-state index in [0.717, 1.165) is 54.0 Å². The van der Waals surface area contributed by atoms with Gasteiger partial charge in [0.05, 0.1) is 19.1 Å². The number of carbonyl (C=O) groups is 4. The lowest BCUT2D eigenvalue weighted by atomic mass is 9.83. The summed E-state index contributed by atoms with van der Waals surface area (Å²) in [6, 6.07) is 5.15. The van der Waals surface area contributed by atoms with Gasteiger partial charge in [0.2, 0.25) is 11.8 Å². The van der Waals surface area contributed by atoms with E-state index in [1.54, 1.807) is 4.90 Å². The number of hydrogen-bond donors (Lipinski definition) is 1. The van der Waals surface area contributed by atoms with Crippen molar-refractivity contribution in [2.75, 3.05) is 73.6 Å². The number of hydrogen-bond acceptors (Lipinski definition) is 7. The van der Waals surface area contributed by atoms with Gasteiger partial charge in [-0.15, -0.1) is 0 Å². The predicted molar refractivity (Wildman–Crippen MR) is 159 cm³/mol. The molecule has 11 heteroatoms. The number of carboxylic acids is 1. The Morgan fingerprint density at radius 1 is 1.10 bits per heavy atom. The van der Waals surface area contributed by atoms with Crippen molar-refractivity contribution < 1.29 is 29.0 Å². The molecule has 11 nitrogen and oxygen atoms in total. The van der Waals surface area contributed by atoms with Gasteiger partial charge in [0.15, 0.2) is 0 Å². The van der Waals surface area contributed by atoms with Crippen LogP contribution in [0.5, 0.6) is 5.75 Å². The zero-order valence-electron chi connectivity index (χ0n) is 25.6. The van der Waals surface area contributed by atoms with Gasteiger partial charge in [-0.1, -0.05) is 25.5 Å². The number of carboxylic acid groups (broad SMARTS) is 1. The lowest BCUT2D eigenvalue weighted by Gasteiger charge is -2.34. The Morgan fingerprint density at radius 2 is 1.86 bits per heavy atom. The lowest BCUT2D eigenvalue weighted by Crippen LogP contribution is -2.52. The summed E-state index contributed by atoms with van der Waals surface area (Å²) in [4.78, 5) is 60.2. The standard InChI is InChI=1S/C31H47N5O6/c1-5-6-14-34(15-7-13-32(2)3)28(38)21-36-20-24(22-8-9-26-23(19-22)12-18-42-26)29(30(39)40)25(36)10-16-35-17-11-27(37)33(4)31(35)41/h8-9,19,24-25,29H,5-7,10-18,20-21H2,1-4H3,(H,39,40). The van der Waals surface area contributed by atoms with Crippen molar-refractivity contribution in [1.29, 1.82) is 0 Å². The lowest BCUT2D eigenvalue weighted by molar-refractivity contribution is -0.144. The maximum atomic E-state index is 13.7. The second kappa shape index (κ2) is 14.3. The normalized spacial score (nSPS) is 22.5. The molecule has 3 heterocycles. The number of benzene rings is 1. The highest BCUT2D eigenvalue weighted by atomic mass is 16.5. The van der Waals surface area contributed by atoms with E-state index in [2.05, 4.69) is 17.9 Å². The number of rotatable bonds is 14. The van der Waals surface area contributed by atoms with Gasteiger partial charge < -0.3 is 24.5 Å². The molecule has 0 bridgehead atoms. The van der Waals surface area contributed by atoms with Gasteiger partial charge in [-0.2, -0.15) is 0 Å². The van der Waals surface area contributed by atoms with Gasteiger partial charge in [0.25, 0.3) is 0 Å². The smallest absolute Gasteiger partial charge is 0.326 e. The van der Waals surface area contributed by atoms with Crippen molar-refractivity contribution in [3.05, 3.63) is 29.3 Å². The third-order valence-corrected chi connectivity index (χ3v) is 8.90. The van der Waals surface area contributed by atoms with Gasteiger partial charge in [0.1, 0.15) is 5.75 Å². The molecule has 0 aromatic heterocycles. The summed E-state index contributed by atoms with van der Waals surface area (Å²) in [7, 11) is 5.52. The number of ether oxygens (including phenoxy) is 1. The number of nitrogens with zero attached hydrogens (tertiary/aromatic N) is 5. The van der Waals surface area contributed by atoms with Crippen LogP contribution in [0.15, 0.2) is 18.2 Å². The third-order valence-electron chi connectivity index (χ3n) is 8.90.